The van der Waals surface area contributed by atoms with E-state index in [-0.39, 0.29) is 6.04 Å². The van der Waals surface area contributed by atoms with E-state index in [9.17, 15) is 0 Å². The second kappa shape index (κ2) is 4.39. The van der Waals surface area contributed by atoms with Crippen LogP contribution < -0.4 is 11.5 Å². The van der Waals surface area contributed by atoms with Gasteiger partial charge in [0.1, 0.15) is 0 Å². The van der Waals surface area contributed by atoms with Gasteiger partial charge in [0.2, 0.25) is 0 Å². The summed E-state index contributed by atoms with van der Waals surface area (Å²) in [4.78, 5) is 0. The van der Waals surface area contributed by atoms with Crippen molar-refractivity contribution >= 4 is 28.9 Å². The lowest BCUT2D eigenvalue weighted by Gasteiger charge is -2.19. The number of nitrogen functional groups attached to an aromatic ring is 1. The molecule has 0 heterocycles. The number of anilines is 1. The van der Waals surface area contributed by atoms with Crippen molar-refractivity contribution < 1.29 is 0 Å². The Morgan fingerprint density at radius 1 is 1.21 bits per heavy atom. The summed E-state index contributed by atoms with van der Waals surface area (Å²) >= 11 is 11.8. The average molecular weight is 233 g/mol. The zero-order valence-corrected chi connectivity index (χ0v) is 9.73. The van der Waals surface area contributed by atoms with Gasteiger partial charge in [-0.2, -0.15) is 0 Å². The van der Waals surface area contributed by atoms with Crippen LogP contribution in [0, 0.1) is 5.92 Å². The Balaban J connectivity index is 3.20. The van der Waals surface area contributed by atoms with Crippen molar-refractivity contribution in [2.75, 3.05) is 5.73 Å². The maximum Gasteiger partial charge on any atom is 0.0653 e. The molecule has 0 saturated heterocycles. The van der Waals surface area contributed by atoms with Crippen LogP contribution in [0.4, 0.5) is 5.69 Å². The lowest BCUT2D eigenvalue weighted by atomic mass is 9.96. The van der Waals surface area contributed by atoms with Crippen molar-refractivity contribution in [3.8, 4) is 0 Å². The van der Waals surface area contributed by atoms with E-state index in [1.807, 2.05) is 13.8 Å². The summed E-state index contributed by atoms with van der Waals surface area (Å²) in [5.74, 6) is 0.298. The predicted molar refractivity (Wildman–Crippen MR) is 62.6 cm³/mol. The molecule has 0 aliphatic rings. The molecule has 78 valence electrons. The quantitative estimate of drug-likeness (QED) is 0.770. The number of rotatable bonds is 2. The second-order valence-corrected chi connectivity index (χ2v) is 4.50. The third kappa shape index (κ3) is 2.32. The highest BCUT2D eigenvalue weighted by Crippen LogP contribution is 2.33. The fourth-order valence-electron chi connectivity index (χ4n) is 1.24. The molecular formula is C10H14Cl2N2. The van der Waals surface area contributed by atoms with E-state index in [1.165, 1.54) is 0 Å². The van der Waals surface area contributed by atoms with E-state index < -0.39 is 0 Å². The molecule has 14 heavy (non-hydrogen) atoms. The first-order chi connectivity index (χ1) is 6.43. The molecule has 0 bridgehead atoms. The Morgan fingerprint density at radius 3 is 2.29 bits per heavy atom. The molecule has 1 aromatic carbocycles. The second-order valence-electron chi connectivity index (χ2n) is 3.66. The maximum atomic E-state index is 5.98. The molecule has 0 unspecified atom stereocenters. The monoisotopic (exact) mass is 232 g/mol. The molecule has 4 heteroatoms. The van der Waals surface area contributed by atoms with Crippen LogP contribution in [0.5, 0.6) is 0 Å². The molecule has 0 saturated carbocycles. The predicted octanol–water partition coefficient (Wildman–Crippen LogP) is 3.23. The van der Waals surface area contributed by atoms with E-state index in [4.69, 9.17) is 34.7 Å². The van der Waals surface area contributed by atoms with Gasteiger partial charge in [-0.15, -0.1) is 0 Å². The molecule has 0 aromatic heterocycles. The molecule has 1 atom stereocenters. The molecule has 1 aromatic rings. The standard InChI is InChI=1S/C10H14Cl2N2/c1-5(2)9(13)7-3-6(11)4-8(12)10(7)14/h3-5,9H,13-14H2,1-2H3/t9-/m0/s1. The fraction of sp³-hybridized carbons (Fsp3) is 0.400. The molecule has 0 radical (unpaired) electrons. The minimum Gasteiger partial charge on any atom is -0.397 e. The summed E-state index contributed by atoms with van der Waals surface area (Å²) < 4.78 is 0. The summed E-state index contributed by atoms with van der Waals surface area (Å²) in [6.07, 6.45) is 0. The molecule has 2 nitrogen and oxygen atoms in total. The summed E-state index contributed by atoms with van der Waals surface area (Å²) in [6, 6.07) is 3.26. The molecule has 0 aliphatic heterocycles. The van der Waals surface area contributed by atoms with Gasteiger partial charge in [-0.3, -0.25) is 0 Å². The van der Waals surface area contributed by atoms with Gasteiger partial charge in [0.25, 0.3) is 0 Å². The maximum absolute atomic E-state index is 5.98. The van der Waals surface area contributed by atoms with Gasteiger partial charge in [0, 0.05) is 11.1 Å². The Kier molecular flexibility index (Phi) is 3.65. The minimum atomic E-state index is -0.133. The van der Waals surface area contributed by atoms with Crippen LogP contribution in [-0.2, 0) is 0 Å². The van der Waals surface area contributed by atoms with Crippen molar-refractivity contribution in [2.24, 2.45) is 11.7 Å². The van der Waals surface area contributed by atoms with E-state index in [1.54, 1.807) is 12.1 Å². The summed E-state index contributed by atoms with van der Waals surface area (Å²) in [5, 5.41) is 1.03. The Bertz CT molecular complexity index is 337. The topological polar surface area (TPSA) is 52.0 Å². The number of benzene rings is 1. The van der Waals surface area contributed by atoms with Gasteiger partial charge in [0.05, 0.1) is 10.7 Å². The number of halogens is 2. The number of nitrogens with two attached hydrogens (primary N) is 2. The van der Waals surface area contributed by atoms with Gasteiger partial charge < -0.3 is 11.5 Å². The Morgan fingerprint density at radius 2 is 1.79 bits per heavy atom. The van der Waals surface area contributed by atoms with Gasteiger partial charge in [-0.1, -0.05) is 37.0 Å². The third-order valence-electron chi connectivity index (χ3n) is 2.20. The normalized spacial score (nSPS) is 13.3. The van der Waals surface area contributed by atoms with Crippen molar-refractivity contribution in [1.29, 1.82) is 0 Å². The summed E-state index contributed by atoms with van der Waals surface area (Å²) in [7, 11) is 0. The summed E-state index contributed by atoms with van der Waals surface area (Å²) in [5.41, 5.74) is 13.1. The van der Waals surface area contributed by atoms with Crippen LogP contribution in [0.15, 0.2) is 12.1 Å². The first-order valence-electron chi connectivity index (χ1n) is 4.43. The molecule has 4 N–H and O–H groups in total. The van der Waals surface area contributed by atoms with Crippen molar-refractivity contribution in [3.63, 3.8) is 0 Å². The van der Waals surface area contributed by atoms with E-state index in [0.717, 1.165) is 5.56 Å². The van der Waals surface area contributed by atoms with Crippen LogP contribution in [0.25, 0.3) is 0 Å². The molecule has 0 aliphatic carbocycles. The number of hydrogen-bond donors (Lipinski definition) is 2. The lowest BCUT2D eigenvalue weighted by molar-refractivity contribution is 0.515. The highest BCUT2D eigenvalue weighted by molar-refractivity contribution is 6.36. The minimum absolute atomic E-state index is 0.133. The summed E-state index contributed by atoms with van der Waals surface area (Å²) in [6.45, 7) is 4.05. The van der Waals surface area contributed by atoms with E-state index >= 15 is 0 Å². The highest BCUT2D eigenvalue weighted by atomic mass is 35.5. The van der Waals surface area contributed by atoms with Gasteiger partial charge in [0.15, 0.2) is 0 Å². The highest BCUT2D eigenvalue weighted by Gasteiger charge is 2.15. The zero-order chi connectivity index (χ0) is 10.9. The zero-order valence-electron chi connectivity index (χ0n) is 8.22. The Labute approximate surface area is 94.2 Å². The van der Waals surface area contributed by atoms with Gasteiger partial charge >= 0.3 is 0 Å². The van der Waals surface area contributed by atoms with Crippen molar-refractivity contribution in [1.82, 2.24) is 0 Å². The smallest absolute Gasteiger partial charge is 0.0653 e. The molecular weight excluding hydrogens is 219 g/mol. The molecule has 0 amide bonds. The SMILES string of the molecule is CC(C)[C@H](N)c1cc(Cl)cc(Cl)c1N. The van der Waals surface area contributed by atoms with E-state index in [0.29, 0.717) is 21.7 Å². The van der Waals surface area contributed by atoms with Gasteiger partial charge in [-0.05, 0) is 23.6 Å². The van der Waals surface area contributed by atoms with Crippen LogP contribution >= 0.6 is 23.2 Å². The van der Waals surface area contributed by atoms with Crippen LogP contribution in [0.3, 0.4) is 0 Å². The first-order valence-corrected chi connectivity index (χ1v) is 5.19. The average Bonchev–Trinajstić information content (AvgIpc) is 2.09. The van der Waals surface area contributed by atoms with E-state index in [2.05, 4.69) is 0 Å². The third-order valence-corrected chi connectivity index (χ3v) is 2.73. The number of hydrogen-bond acceptors (Lipinski definition) is 2. The fourth-order valence-corrected chi connectivity index (χ4v) is 1.75. The Hall–Kier alpha value is -0.440. The van der Waals surface area contributed by atoms with Crippen LogP contribution in [0.1, 0.15) is 25.5 Å². The first kappa shape index (κ1) is 11.6. The largest absolute Gasteiger partial charge is 0.397 e. The lowest BCUT2D eigenvalue weighted by Crippen LogP contribution is -2.18. The molecule has 1 rings (SSSR count). The van der Waals surface area contributed by atoms with Gasteiger partial charge in [-0.25, -0.2) is 0 Å². The van der Waals surface area contributed by atoms with Crippen molar-refractivity contribution in [2.45, 2.75) is 19.9 Å². The molecule has 0 spiro atoms. The van der Waals surface area contributed by atoms with Crippen LogP contribution in [0.2, 0.25) is 10.0 Å². The van der Waals surface area contributed by atoms with Crippen molar-refractivity contribution in [3.05, 3.63) is 27.7 Å². The van der Waals surface area contributed by atoms with Crippen LogP contribution in [-0.4, -0.2) is 0 Å². The molecule has 0 fully saturated rings.